The maximum absolute atomic E-state index is 11.9. The molecule has 0 radical (unpaired) electrons. The summed E-state index contributed by atoms with van der Waals surface area (Å²) in [6, 6.07) is 18.9. The van der Waals surface area contributed by atoms with Gasteiger partial charge < -0.3 is 16.0 Å². The highest BCUT2D eigenvalue weighted by atomic mass is 32.2. The molecular formula is C26H37N3O7S3. The van der Waals surface area contributed by atoms with Gasteiger partial charge in [0.25, 0.3) is 5.91 Å². The summed E-state index contributed by atoms with van der Waals surface area (Å²) in [5.74, 6) is 0.687. The van der Waals surface area contributed by atoms with Crippen LogP contribution in [-0.4, -0.2) is 85.3 Å². The SMILES string of the molecule is C=CS(=O)(=O)C=C.NCc1ccccc1.O=C(c1ccccc1)N1CCS(=O)(=O)CC1.O=S1(=O)CCNCC1. The first-order chi connectivity index (χ1) is 18.3. The van der Waals surface area contributed by atoms with Crippen LogP contribution in [0.2, 0.25) is 0 Å². The van der Waals surface area contributed by atoms with Crippen LogP contribution in [0.5, 0.6) is 0 Å². The molecule has 2 saturated heterocycles. The van der Waals surface area contributed by atoms with E-state index in [0.29, 0.717) is 49.8 Å². The van der Waals surface area contributed by atoms with Gasteiger partial charge in [0.2, 0.25) is 0 Å². The third-order valence-corrected chi connectivity index (χ3v) is 9.57. The molecule has 2 aliphatic rings. The molecular weight excluding hydrogens is 563 g/mol. The van der Waals surface area contributed by atoms with E-state index in [9.17, 15) is 30.0 Å². The number of sulfone groups is 3. The molecule has 2 aromatic carbocycles. The minimum absolute atomic E-state index is 0.0750. The van der Waals surface area contributed by atoms with E-state index in [1.54, 1.807) is 29.2 Å². The minimum atomic E-state index is -3.13. The quantitative estimate of drug-likeness (QED) is 0.529. The van der Waals surface area contributed by atoms with Crippen molar-refractivity contribution >= 4 is 35.4 Å². The zero-order valence-electron chi connectivity index (χ0n) is 21.8. The highest BCUT2D eigenvalue weighted by Crippen LogP contribution is 2.09. The van der Waals surface area contributed by atoms with E-state index in [4.69, 9.17) is 5.73 Å². The monoisotopic (exact) mass is 599 g/mol. The Hall–Kier alpha value is -2.84. The first-order valence-electron chi connectivity index (χ1n) is 12.0. The van der Waals surface area contributed by atoms with Gasteiger partial charge in [-0.15, -0.1) is 0 Å². The molecule has 39 heavy (non-hydrogen) atoms. The summed E-state index contributed by atoms with van der Waals surface area (Å²) in [7, 11) is -8.70. The molecule has 2 heterocycles. The van der Waals surface area contributed by atoms with Crippen molar-refractivity contribution in [3.63, 3.8) is 0 Å². The van der Waals surface area contributed by atoms with Crippen LogP contribution in [-0.2, 0) is 36.1 Å². The van der Waals surface area contributed by atoms with E-state index < -0.39 is 29.5 Å². The van der Waals surface area contributed by atoms with Gasteiger partial charge in [-0.2, -0.15) is 0 Å². The molecule has 13 heteroatoms. The smallest absolute Gasteiger partial charge is 0.253 e. The number of carbonyl (C=O) groups excluding carboxylic acids is 1. The highest BCUT2D eigenvalue weighted by molar-refractivity contribution is 7.97. The normalized spacial score (nSPS) is 17.3. The number of benzene rings is 2. The molecule has 0 bridgehead atoms. The lowest BCUT2D eigenvalue weighted by molar-refractivity contribution is 0.0770. The zero-order chi connectivity index (χ0) is 29.4. The number of nitrogens with two attached hydrogens (primary N) is 1. The molecule has 0 saturated carbocycles. The predicted octanol–water partition coefficient (Wildman–Crippen LogP) is 1.40. The number of hydrogen-bond acceptors (Lipinski definition) is 9. The molecule has 0 unspecified atom stereocenters. The van der Waals surface area contributed by atoms with Gasteiger partial charge in [-0.25, -0.2) is 25.3 Å². The summed E-state index contributed by atoms with van der Waals surface area (Å²) in [6.07, 6.45) is 0. The van der Waals surface area contributed by atoms with Crippen molar-refractivity contribution in [3.05, 3.63) is 95.8 Å². The Labute approximate surface area is 232 Å². The van der Waals surface area contributed by atoms with E-state index in [1.807, 2.05) is 36.4 Å². The van der Waals surface area contributed by atoms with Crippen LogP contribution in [0.3, 0.4) is 0 Å². The Balaban J connectivity index is 0.000000281. The van der Waals surface area contributed by atoms with Gasteiger partial charge in [-0.3, -0.25) is 4.79 Å². The van der Waals surface area contributed by atoms with Gasteiger partial charge in [0.1, 0.15) is 0 Å². The number of amides is 1. The molecule has 0 aliphatic carbocycles. The first kappa shape index (κ1) is 34.2. The van der Waals surface area contributed by atoms with Gasteiger partial charge in [0, 0.05) is 49.1 Å². The summed E-state index contributed by atoms with van der Waals surface area (Å²) in [6.45, 7) is 8.59. The zero-order valence-corrected chi connectivity index (χ0v) is 24.3. The Kier molecular flexibility index (Phi) is 14.9. The maximum atomic E-state index is 11.9. The summed E-state index contributed by atoms with van der Waals surface area (Å²) in [5, 5.41) is 4.66. The number of nitrogens with zero attached hydrogens (tertiary/aromatic N) is 1. The van der Waals surface area contributed by atoms with Crippen molar-refractivity contribution in [2.75, 3.05) is 49.2 Å². The Bertz CT molecular complexity index is 1320. The number of nitrogens with one attached hydrogen (secondary N) is 1. The largest absolute Gasteiger partial charge is 0.337 e. The summed E-state index contributed by atoms with van der Waals surface area (Å²) >= 11 is 0. The standard InChI is InChI=1S/C11H13NO3S.C7H9N.C4H9NO2S.C4H6O2S/c13-11(10-4-2-1-3-5-10)12-6-8-16(14,15)9-7-12;8-6-7-4-2-1-3-5-7;6-8(7)3-1-5-2-4-8;1-3-7(5,6)4-2/h1-5H,6-9H2;1-5H,6,8H2;5H,1-4H2;3-4H,1-2H2. The third kappa shape index (κ3) is 14.8. The van der Waals surface area contributed by atoms with Gasteiger partial charge in [-0.1, -0.05) is 61.7 Å². The lowest BCUT2D eigenvalue weighted by Gasteiger charge is -2.26. The van der Waals surface area contributed by atoms with Crippen LogP contribution in [0.4, 0.5) is 0 Å². The second kappa shape index (κ2) is 17.0. The van der Waals surface area contributed by atoms with Crippen molar-refractivity contribution < 1.29 is 30.0 Å². The van der Waals surface area contributed by atoms with Gasteiger partial charge in [0.15, 0.2) is 29.5 Å². The molecule has 0 atom stereocenters. The van der Waals surface area contributed by atoms with Crippen molar-refractivity contribution in [1.82, 2.24) is 10.2 Å². The predicted molar refractivity (Wildman–Crippen MR) is 156 cm³/mol. The van der Waals surface area contributed by atoms with Crippen LogP contribution < -0.4 is 11.1 Å². The number of rotatable bonds is 4. The molecule has 4 rings (SSSR count). The van der Waals surface area contributed by atoms with Crippen molar-refractivity contribution in [3.8, 4) is 0 Å². The van der Waals surface area contributed by atoms with Gasteiger partial charge in [0.05, 0.1) is 23.0 Å². The van der Waals surface area contributed by atoms with Gasteiger partial charge >= 0.3 is 0 Å². The third-order valence-electron chi connectivity index (χ3n) is 5.38. The molecule has 2 fully saturated rings. The molecule has 2 aromatic rings. The average Bonchev–Trinajstić information content (AvgIpc) is 2.94. The van der Waals surface area contributed by atoms with Gasteiger partial charge in [-0.05, 0) is 17.7 Å². The second-order valence-electron chi connectivity index (χ2n) is 8.32. The van der Waals surface area contributed by atoms with E-state index in [2.05, 4.69) is 18.5 Å². The summed E-state index contributed by atoms with van der Waals surface area (Å²) < 4.78 is 63.9. The Morgan fingerprint density at radius 1 is 0.821 bits per heavy atom. The summed E-state index contributed by atoms with van der Waals surface area (Å²) in [4.78, 5) is 13.5. The van der Waals surface area contributed by atoms with Crippen molar-refractivity contribution in [2.45, 2.75) is 6.54 Å². The van der Waals surface area contributed by atoms with Crippen molar-refractivity contribution in [1.29, 1.82) is 0 Å². The lowest BCUT2D eigenvalue weighted by atomic mass is 10.2. The summed E-state index contributed by atoms with van der Waals surface area (Å²) in [5.41, 5.74) is 7.15. The highest BCUT2D eigenvalue weighted by Gasteiger charge is 2.25. The Morgan fingerprint density at radius 3 is 1.59 bits per heavy atom. The molecule has 216 valence electrons. The van der Waals surface area contributed by atoms with E-state index in [-0.39, 0.29) is 17.4 Å². The average molecular weight is 600 g/mol. The first-order valence-corrected chi connectivity index (χ1v) is 17.3. The van der Waals surface area contributed by atoms with Crippen molar-refractivity contribution in [2.24, 2.45) is 5.73 Å². The molecule has 0 aromatic heterocycles. The maximum Gasteiger partial charge on any atom is 0.253 e. The molecule has 0 spiro atoms. The fourth-order valence-corrected chi connectivity index (χ4v) is 5.50. The molecule has 3 N–H and O–H groups in total. The van der Waals surface area contributed by atoms with Crippen LogP contribution in [0.25, 0.3) is 0 Å². The number of hydrogen-bond donors (Lipinski definition) is 2. The molecule has 10 nitrogen and oxygen atoms in total. The van der Waals surface area contributed by atoms with Crippen LogP contribution >= 0.6 is 0 Å². The van der Waals surface area contributed by atoms with E-state index >= 15 is 0 Å². The van der Waals surface area contributed by atoms with E-state index in [0.717, 1.165) is 10.8 Å². The Morgan fingerprint density at radius 2 is 1.26 bits per heavy atom. The molecule has 2 aliphatic heterocycles. The minimum Gasteiger partial charge on any atom is -0.337 e. The molecule has 1 amide bonds. The fraction of sp³-hybridized carbons (Fsp3) is 0.346. The van der Waals surface area contributed by atoms with Crippen LogP contribution in [0.1, 0.15) is 15.9 Å². The van der Waals surface area contributed by atoms with Crippen LogP contribution in [0.15, 0.2) is 84.6 Å². The fourth-order valence-electron chi connectivity index (χ4n) is 3.04. The second-order valence-corrected chi connectivity index (χ2v) is 14.8. The topological polar surface area (TPSA) is 161 Å². The van der Waals surface area contributed by atoms with E-state index in [1.165, 1.54) is 5.56 Å². The number of carbonyl (C=O) groups is 1. The van der Waals surface area contributed by atoms with Crippen LogP contribution in [0, 0.1) is 0 Å². The lowest BCUT2D eigenvalue weighted by Crippen LogP contribution is -2.43.